The molecule has 0 saturated carbocycles. The maximum absolute atomic E-state index is 6.03. The Kier molecular flexibility index (Phi) is 5.58. The maximum atomic E-state index is 6.03. The first-order valence-electron chi connectivity index (χ1n) is 7.68. The van der Waals surface area contributed by atoms with Crippen LogP contribution in [0.4, 0.5) is 0 Å². The molecule has 1 aromatic rings. The molecule has 2 unspecified atom stereocenters. The van der Waals surface area contributed by atoms with Crippen molar-refractivity contribution in [2.24, 2.45) is 11.7 Å². The quantitative estimate of drug-likeness (QED) is 0.868. The minimum Gasteiger partial charge on any atom is -0.384 e. The summed E-state index contributed by atoms with van der Waals surface area (Å²) in [4.78, 5) is 2.51. The molecule has 1 heterocycles. The highest BCUT2D eigenvalue weighted by Gasteiger charge is 2.28. The van der Waals surface area contributed by atoms with Crippen molar-refractivity contribution in [2.75, 3.05) is 33.4 Å². The molecule has 1 aliphatic rings. The van der Waals surface area contributed by atoms with Crippen LogP contribution in [0, 0.1) is 5.92 Å². The van der Waals surface area contributed by atoms with E-state index in [0.29, 0.717) is 24.4 Å². The molecule has 2 rings (SSSR count). The molecular weight excluding hydrogens is 248 g/mol. The molecule has 0 aliphatic carbocycles. The maximum Gasteiger partial charge on any atom is 0.0503 e. The third-order valence-corrected chi connectivity index (χ3v) is 4.37. The van der Waals surface area contributed by atoms with Gasteiger partial charge in [0, 0.05) is 26.2 Å². The van der Waals surface area contributed by atoms with Crippen LogP contribution in [0.15, 0.2) is 24.3 Å². The number of hydrogen-bond donors (Lipinski definition) is 1. The second kappa shape index (κ2) is 7.21. The predicted molar refractivity (Wildman–Crippen MR) is 83.9 cm³/mol. The molecular formula is C17H28N2O. The molecule has 2 N–H and O–H groups in total. The zero-order valence-corrected chi connectivity index (χ0v) is 13.0. The third-order valence-electron chi connectivity index (χ3n) is 4.37. The summed E-state index contributed by atoms with van der Waals surface area (Å²) in [6.45, 7) is 8.22. The molecule has 0 bridgehead atoms. The van der Waals surface area contributed by atoms with Gasteiger partial charge in [0.05, 0.1) is 6.61 Å². The minimum absolute atomic E-state index is 0.345. The normalized spacial score (nSPS) is 21.6. The van der Waals surface area contributed by atoms with Crippen molar-refractivity contribution in [3.63, 3.8) is 0 Å². The Hall–Kier alpha value is -0.900. The van der Waals surface area contributed by atoms with Gasteiger partial charge in [0.25, 0.3) is 0 Å². The SMILES string of the molecule is COCC1CCN(C(CN)c2ccc(C(C)C)cc2)C1. The van der Waals surface area contributed by atoms with Crippen molar-refractivity contribution in [1.29, 1.82) is 0 Å². The second-order valence-electron chi connectivity index (χ2n) is 6.18. The van der Waals surface area contributed by atoms with Crippen molar-refractivity contribution >= 4 is 0 Å². The molecule has 1 aromatic carbocycles. The molecule has 2 atom stereocenters. The number of hydrogen-bond acceptors (Lipinski definition) is 3. The van der Waals surface area contributed by atoms with Gasteiger partial charge in [-0.3, -0.25) is 4.90 Å². The van der Waals surface area contributed by atoms with Crippen LogP contribution in [0.25, 0.3) is 0 Å². The van der Waals surface area contributed by atoms with E-state index in [9.17, 15) is 0 Å². The van der Waals surface area contributed by atoms with Gasteiger partial charge in [-0.2, -0.15) is 0 Å². The van der Waals surface area contributed by atoms with E-state index in [2.05, 4.69) is 43.0 Å². The molecule has 0 amide bonds. The number of rotatable bonds is 6. The third kappa shape index (κ3) is 3.60. The average Bonchev–Trinajstić information content (AvgIpc) is 2.89. The highest BCUT2D eigenvalue weighted by atomic mass is 16.5. The Balaban J connectivity index is 2.04. The zero-order valence-electron chi connectivity index (χ0n) is 13.0. The van der Waals surface area contributed by atoms with Crippen LogP contribution in [-0.2, 0) is 4.74 Å². The number of ether oxygens (including phenoxy) is 1. The number of likely N-dealkylation sites (tertiary alicyclic amines) is 1. The van der Waals surface area contributed by atoms with E-state index < -0.39 is 0 Å². The summed E-state index contributed by atoms with van der Waals surface area (Å²) < 4.78 is 5.28. The Morgan fingerprint density at radius 1 is 1.25 bits per heavy atom. The predicted octanol–water partition coefficient (Wildman–Crippen LogP) is 2.78. The van der Waals surface area contributed by atoms with Crippen LogP contribution < -0.4 is 5.73 Å². The van der Waals surface area contributed by atoms with Crippen molar-refractivity contribution in [3.8, 4) is 0 Å². The van der Waals surface area contributed by atoms with Crippen LogP contribution in [0.3, 0.4) is 0 Å². The lowest BCUT2D eigenvalue weighted by Crippen LogP contribution is -2.32. The van der Waals surface area contributed by atoms with Crippen molar-refractivity contribution < 1.29 is 4.74 Å². The van der Waals surface area contributed by atoms with Crippen LogP contribution in [0.5, 0.6) is 0 Å². The van der Waals surface area contributed by atoms with Gasteiger partial charge in [-0.1, -0.05) is 38.1 Å². The van der Waals surface area contributed by atoms with Gasteiger partial charge in [0.2, 0.25) is 0 Å². The van der Waals surface area contributed by atoms with Gasteiger partial charge >= 0.3 is 0 Å². The number of benzene rings is 1. The van der Waals surface area contributed by atoms with Gasteiger partial charge in [-0.25, -0.2) is 0 Å². The lowest BCUT2D eigenvalue weighted by molar-refractivity contribution is 0.147. The lowest BCUT2D eigenvalue weighted by Gasteiger charge is -2.27. The van der Waals surface area contributed by atoms with Gasteiger partial charge in [0.15, 0.2) is 0 Å². The van der Waals surface area contributed by atoms with E-state index in [0.717, 1.165) is 19.7 Å². The van der Waals surface area contributed by atoms with E-state index in [-0.39, 0.29) is 0 Å². The van der Waals surface area contributed by atoms with Crippen molar-refractivity contribution in [2.45, 2.75) is 32.2 Å². The fourth-order valence-corrected chi connectivity index (χ4v) is 3.12. The molecule has 3 nitrogen and oxygen atoms in total. The minimum atomic E-state index is 0.345. The first-order valence-corrected chi connectivity index (χ1v) is 7.68. The summed E-state index contributed by atoms with van der Waals surface area (Å²) in [6, 6.07) is 9.32. The molecule has 0 radical (unpaired) electrons. The summed E-state index contributed by atoms with van der Waals surface area (Å²) >= 11 is 0. The fourth-order valence-electron chi connectivity index (χ4n) is 3.12. The second-order valence-corrected chi connectivity index (χ2v) is 6.18. The van der Waals surface area contributed by atoms with Crippen LogP contribution in [0.1, 0.15) is 43.4 Å². The molecule has 1 fully saturated rings. The standard InChI is InChI=1S/C17H28N2O/c1-13(2)15-4-6-16(7-5-15)17(10-18)19-9-8-14(11-19)12-20-3/h4-7,13-14,17H,8-12,18H2,1-3H3. The first-order chi connectivity index (χ1) is 9.65. The number of methoxy groups -OCH3 is 1. The Morgan fingerprint density at radius 2 is 1.90 bits per heavy atom. The molecule has 0 aromatic heterocycles. The van der Waals surface area contributed by atoms with Crippen LogP contribution >= 0.6 is 0 Å². The van der Waals surface area contributed by atoms with Crippen molar-refractivity contribution in [1.82, 2.24) is 4.90 Å². The molecule has 0 spiro atoms. The van der Waals surface area contributed by atoms with E-state index >= 15 is 0 Å². The topological polar surface area (TPSA) is 38.5 Å². The molecule has 112 valence electrons. The first kappa shape index (κ1) is 15.5. The van der Waals surface area contributed by atoms with E-state index in [1.165, 1.54) is 17.5 Å². The molecule has 3 heteroatoms. The van der Waals surface area contributed by atoms with E-state index in [4.69, 9.17) is 10.5 Å². The summed E-state index contributed by atoms with van der Waals surface area (Å²) in [7, 11) is 1.79. The molecule has 1 aliphatic heterocycles. The van der Waals surface area contributed by atoms with Crippen LogP contribution in [-0.4, -0.2) is 38.3 Å². The Morgan fingerprint density at radius 3 is 2.45 bits per heavy atom. The van der Waals surface area contributed by atoms with Crippen molar-refractivity contribution in [3.05, 3.63) is 35.4 Å². The number of nitrogens with two attached hydrogens (primary N) is 1. The monoisotopic (exact) mass is 276 g/mol. The summed E-state index contributed by atoms with van der Waals surface area (Å²) in [5, 5.41) is 0. The Bertz CT molecular complexity index is 402. The highest BCUT2D eigenvalue weighted by molar-refractivity contribution is 5.27. The summed E-state index contributed by atoms with van der Waals surface area (Å²) in [6.07, 6.45) is 1.22. The Labute approximate surface area is 123 Å². The average molecular weight is 276 g/mol. The lowest BCUT2D eigenvalue weighted by atomic mass is 9.98. The smallest absolute Gasteiger partial charge is 0.0503 e. The van der Waals surface area contributed by atoms with Crippen LogP contribution in [0.2, 0.25) is 0 Å². The summed E-state index contributed by atoms with van der Waals surface area (Å²) in [5.41, 5.74) is 8.76. The van der Waals surface area contributed by atoms with Gasteiger partial charge < -0.3 is 10.5 Å². The zero-order chi connectivity index (χ0) is 14.5. The van der Waals surface area contributed by atoms with Gasteiger partial charge in [0.1, 0.15) is 0 Å². The molecule has 1 saturated heterocycles. The van der Waals surface area contributed by atoms with E-state index in [1.54, 1.807) is 7.11 Å². The highest BCUT2D eigenvalue weighted by Crippen LogP contribution is 2.28. The molecule has 20 heavy (non-hydrogen) atoms. The largest absolute Gasteiger partial charge is 0.384 e. The van der Waals surface area contributed by atoms with E-state index in [1.807, 2.05) is 0 Å². The van der Waals surface area contributed by atoms with Gasteiger partial charge in [-0.05, 0) is 35.9 Å². The number of nitrogens with zero attached hydrogens (tertiary/aromatic N) is 1. The van der Waals surface area contributed by atoms with Gasteiger partial charge in [-0.15, -0.1) is 0 Å². The fraction of sp³-hybridized carbons (Fsp3) is 0.647. The summed E-state index contributed by atoms with van der Waals surface area (Å²) in [5.74, 6) is 1.24.